The Balaban J connectivity index is 1.56. The SMILES string of the molecule is Cc1ccsc1CN1CCC2(CCN(C)C2)CC1. The average Bonchev–Trinajstić information content (AvgIpc) is 2.91. The number of thiophene rings is 1. The molecule has 3 rings (SSSR count). The van der Waals surface area contributed by atoms with Crippen LogP contribution in [0.2, 0.25) is 0 Å². The minimum Gasteiger partial charge on any atom is -0.306 e. The predicted octanol–water partition coefficient (Wildman–Crippen LogP) is 2.97. The van der Waals surface area contributed by atoms with Crippen molar-refractivity contribution in [3.8, 4) is 0 Å². The molecular formula is C15H24N2S. The molecule has 2 saturated heterocycles. The summed E-state index contributed by atoms with van der Waals surface area (Å²) in [5.74, 6) is 0. The predicted molar refractivity (Wildman–Crippen MR) is 78.1 cm³/mol. The summed E-state index contributed by atoms with van der Waals surface area (Å²) < 4.78 is 0. The monoisotopic (exact) mass is 264 g/mol. The lowest BCUT2D eigenvalue weighted by Gasteiger charge is -2.39. The van der Waals surface area contributed by atoms with E-state index in [1.807, 2.05) is 11.3 Å². The molecule has 100 valence electrons. The van der Waals surface area contributed by atoms with Crippen molar-refractivity contribution in [2.24, 2.45) is 5.41 Å². The molecule has 0 N–H and O–H groups in total. The van der Waals surface area contributed by atoms with Crippen molar-refractivity contribution in [1.29, 1.82) is 0 Å². The Morgan fingerprint density at radius 1 is 1.22 bits per heavy atom. The minimum atomic E-state index is 0.662. The first-order chi connectivity index (χ1) is 8.67. The molecule has 1 spiro atoms. The first-order valence-electron chi connectivity index (χ1n) is 7.11. The van der Waals surface area contributed by atoms with E-state index in [1.54, 1.807) is 4.88 Å². The molecule has 2 fully saturated rings. The van der Waals surface area contributed by atoms with E-state index in [4.69, 9.17) is 0 Å². The fraction of sp³-hybridized carbons (Fsp3) is 0.733. The van der Waals surface area contributed by atoms with Crippen molar-refractivity contribution >= 4 is 11.3 Å². The zero-order chi connectivity index (χ0) is 12.6. The quantitative estimate of drug-likeness (QED) is 0.810. The normalized spacial score (nSPS) is 25.0. The molecule has 0 saturated carbocycles. The topological polar surface area (TPSA) is 6.48 Å². The highest BCUT2D eigenvalue weighted by Gasteiger charge is 2.39. The Labute approximate surface area is 115 Å². The van der Waals surface area contributed by atoms with Gasteiger partial charge in [0.15, 0.2) is 0 Å². The third kappa shape index (κ3) is 2.49. The molecule has 0 bridgehead atoms. The molecule has 3 heterocycles. The number of rotatable bonds is 2. The summed E-state index contributed by atoms with van der Waals surface area (Å²) in [7, 11) is 2.27. The number of likely N-dealkylation sites (tertiary alicyclic amines) is 2. The summed E-state index contributed by atoms with van der Waals surface area (Å²) in [6.07, 6.45) is 4.24. The number of hydrogen-bond donors (Lipinski definition) is 0. The fourth-order valence-electron chi connectivity index (χ4n) is 3.52. The molecule has 1 aromatic rings. The van der Waals surface area contributed by atoms with E-state index in [1.165, 1.54) is 57.5 Å². The first-order valence-corrected chi connectivity index (χ1v) is 7.99. The Kier molecular flexibility index (Phi) is 3.48. The average molecular weight is 264 g/mol. The van der Waals surface area contributed by atoms with Gasteiger partial charge in [-0.15, -0.1) is 11.3 Å². The second-order valence-corrected chi connectivity index (χ2v) is 7.29. The fourth-order valence-corrected chi connectivity index (χ4v) is 4.47. The lowest BCUT2D eigenvalue weighted by atomic mass is 9.78. The Bertz CT molecular complexity index is 404. The lowest BCUT2D eigenvalue weighted by Crippen LogP contribution is -2.40. The van der Waals surface area contributed by atoms with Gasteiger partial charge in [0.2, 0.25) is 0 Å². The van der Waals surface area contributed by atoms with E-state index in [0.29, 0.717) is 5.41 Å². The van der Waals surface area contributed by atoms with Crippen LogP contribution in [0.1, 0.15) is 29.7 Å². The van der Waals surface area contributed by atoms with Crippen LogP contribution in [0.5, 0.6) is 0 Å². The summed E-state index contributed by atoms with van der Waals surface area (Å²) in [5, 5.41) is 2.22. The van der Waals surface area contributed by atoms with Crippen LogP contribution in [0.4, 0.5) is 0 Å². The van der Waals surface area contributed by atoms with Crippen LogP contribution in [-0.4, -0.2) is 43.0 Å². The van der Waals surface area contributed by atoms with Crippen LogP contribution in [0.3, 0.4) is 0 Å². The van der Waals surface area contributed by atoms with Crippen molar-refractivity contribution in [1.82, 2.24) is 9.80 Å². The van der Waals surface area contributed by atoms with Gasteiger partial charge in [-0.2, -0.15) is 0 Å². The van der Waals surface area contributed by atoms with Crippen molar-refractivity contribution in [2.75, 3.05) is 33.2 Å². The van der Waals surface area contributed by atoms with Gasteiger partial charge in [0, 0.05) is 18.0 Å². The number of aryl methyl sites for hydroxylation is 1. The van der Waals surface area contributed by atoms with Crippen molar-refractivity contribution < 1.29 is 0 Å². The summed E-state index contributed by atoms with van der Waals surface area (Å²) in [6.45, 7) is 8.65. The second kappa shape index (κ2) is 4.95. The van der Waals surface area contributed by atoms with Crippen LogP contribution in [0.15, 0.2) is 11.4 Å². The van der Waals surface area contributed by atoms with Gasteiger partial charge in [0.25, 0.3) is 0 Å². The molecule has 0 aliphatic carbocycles. The highest BCUT2D eigenvalue weighted by Crippen LogP contribution is 2.40. The van der Waals surface area contributed by atoms with Gasteiger partial charge in [0.1, 0.15) is 0 Å². The summed E-state index contributed by atoms with van der Waals surface area (Å²) >= 11 is 1.92. The second-order valence-electron chi connectivity index (χ2n) is 6.29. The molecule has 3 heteroatoms. The van der Waals surface area contributed by atoms with Crippen molar-refractivity contribution in [3.63, 3.8) is 0 Å². The van der Waals surface area contributed by atoms with Gasteiger partial charge < -0.3 is 4.90 Å². The molecule has 0 unspecified atom stereocenters. The first kappa shape index (κ1) is 12.6. The molecule has 0 amide bonds. The zero-order valence-electron chi connectivity index (χ0n) is 11.6. The van der Waals surface area contributed by atoms with Crippen LogP contribution in [0, 0.1) is 12.3 Å². The van der Waals surface area contributed by atoms with Crippen molar-refractivity contribution in [3.05, 3.63) is 21.9 Å². The Morgan fingerprint density at radius 2 is 1.94 bits per heavy atom. The van der Waals surface area contributed by atoms with E-state index in [-0.39, 0.29) is 0 Å². The summed E-state index contributed by atoms with van der Waals surface area (Å²) in [4.78, 5) is 6.73. The van der Waals surface area contributed by atoms with Gasteiger partial charge >= 0.3 is 0 Å². The Hall–Kier alpha value is -0.380. The zero-order valence-corrected chi connectivity index (χ0v) is 12.4. The maximum absolute atomic E-state index is 2.66. The largest absolute Gasteiger partial charge is 0.306 e. The highest BCUT2D eigenvalue weighted by atomic mass is 32.1. The van der Waals surface area contributed by atoms with Crippen LogP contribution in [0.25, 0.3) is 0 Å². The van der Waals surface area contributed by atoms with Crippen LogP contribution in [-0.2, 0) is 6.54 Å². The molecule has 0 radical (unpaired) electrons. The molecule has 1 aromatic heterocycles. The standard InChI is InChI=1S/C15H24N2S/c1-13-3-10-18-14(13)11-17-8-5-15(6-9-17)4-7-16(2)12-15/h3,10H,4-9,11-12H2,1-2H3. The molecule has 0 atom stereocenters. The molecular weight excluding hydrogens is 240 g/mol. The minimum absolute atomic E-state index is 0.662. The lowest BCUT2D eigenvalue weighted by molar-refractivity contribution is 0.106. The molecule has 2 aliphatic rings. The van der Waals surface area contributed by atoms with Gasteiger partial charge in [-0.25, -0.2) is 0 Å². The maximum Gasteiger partial charge on any atom is 0.0330 e. The third-order valence-electron chi connectivity index (χ3n) is 4.88. The van der Waals surface area contributed by atoms with E-state index < -0.39 is 0 Å². The molecule has 2 aliphatic heterocycles. The van der Waals surface area contributed by atoms with Crippen LogP contribution < -0.4 is 0 Å². The van der Waals surface area contributed by atoms with Gasteiger partial charge in [-0.05, 0) is 75.3 Å². The number of hydrogen-bond acceptors (Lipinski definition) is 3. The van der Waals surface area contributed by atoms with E-state index in [9.17, 15) is 0 Å². The number of nitrogens with zero attached hydrogens (tertiary/aromatic N) is 2. The van der Waals surface area contributed by atoms with Gasteiger partial charge in [-0.3, -0.25) is 4.90 Å². The smallest absolute Gasteiger partial charge is 0.0330 e. The third-order valence-corrected chi connectivity index (χ3v) is 5.89. The Morgan fingerprint density at radius 3 is 2.50 bits per heavy atom. The van der Waals surface area contributed by atoms with Gasteiger partial charge in [-0.1, -0.05) is 0 Å². The van der Waals surface area contributed by atoms with E-state index in [2.05, 4.69) is 35.2 Å². The van der Waals surface area contributed by atoms with Crippen molar-refractivity contribution in [2.45, 2.75) is 32.7 Å². The maximum atomic E-state index is 2.66. The number of piperidine rings is 1. The van der Waals surface area contributed by atoms with E-state index in [0.717, 1.165) is 0 Å². The van der Waals surface area contributed by atoms with Crippen LogP contribution >= 0.6 is 11.3 Å². The highest BCUT2D eigenvalue weighted by molar-refractivity contribution is 7.10. The molecule has 2 nitrogen and oxygen atoms in total. The van der Waals surface area contributed by atoms with E-state index >= 15 is 0 Å². The summed E-state index contributed by atoms with van der Waals surface area (Å²) in [6, 6.07) is 2.25. The summed E-state index contributed by atoms with van der Waals surface area (Å²) in [5.41, 5.74) is 2.14. The van der Waals surface area contributed by atoms with Gasteiger partial charge in [0.05, 0.1) is 0 Å². The molecule has 18 heavy (non-hydrogen) atoms. The molecule has 0 aromatic carbocycles.